The molecule has 0 aromatic heterocycles. The molecule has 2 nitrogen and oxygen atoms in total. The second-order valence-electron chi connectivity index (χ2n) is 0.928. The summed E-state index contributed by atoms with van der Waals surface area (Å²) in [6, 6.07) is 0. The van der Waals surface area contributed by atoms with Crippen molar-refractivity contribution in [1.29, 1.82) is 0 Å². The van der Waals surface area contributed by atoms with Crippen molar-refractivity contribution >= 4 is 17.9 Å². The zero-order valence-electron chi connectivity index (χ0n) is 3.49. The van der Waals surface area contributed by atoms with Gasteiger partial charge in [-0.25, -0.2) is 0 Å². The van der Waals surface area contributed by atoms with Gasteiger partial charge in [-0.3, -0.25) is 10.1 Å². The zero-order valence-corrected chi connectivity index (χ0v) is 4.38. The molecule has 0 saturated heterocycles. The lowest BCUT2D eigenvalue weighted by Gasteiger charge is -2.02. The molecular formula is C2H2F3NOS. The van der Waals surface area contributed by atoms with Crippen LogP contribution in [0.25, 0.3) is 0 Å². The van der Waals surface area contributed by atoms with Crippen molar-refractivity contribution in [3.8, 4) is 0 Å². The minimum absolute atomic E-state index is 0.607. The Morgan fingerprint density at radius 1 is 1.50 bits per heavy atom. The maximum atomic E-state index is 10.9. The molecule has 0 saturated carbocycles. The van der Waals surface area contributed by atoms with Crippen LogP contribution in [0.4, 0.5) is 18.0 Å². The molecule has 0 heterocycles. The zero-order chi connectivity index (χ0) is 6.78. The number of alkyl halides is 3. The summed E-state index contributed by atoms with van der Waals surface area (Å²) in [6.45, 7) is 0. The third-order valence-electron chi connectivity index (χ3n) is 0.249. The Bertz CT molecular complexity index is 99.9. The predicted molar refractivity (Wildman–Crippen MR) is 23.6 cm³/mol. The highest BCUT2D eigenvalue weighted by molar-refractivity contribution is 7.96. The van der Waals surface area contributed by atoms with E-state index in [1.54, 1.807) is 0 Å². The van der Waals surface area contributed by atoms with Gasteiger partial charge in [-0.1, -0.05) is 12.6 Å². The molecule has 6 heteroatoms. The van der Waals surface area contributed by atoms with Crippen molar-refractivity contribution in [2.75, 3.05) is 0 Å². The molecule has 0 fully saturated rings. The van der Waals surface area contributed by atoms with Gasteiger partial charge in [-0.15, -0.1) is 0 Å². The largest absolute Gasteiger partial charge is 0.485 e. The molecule has 0 rings (SSSR count). The lowest BCUT2D eigenvalue weighted by atomic mass is 11.1. The molecule has 48 valence electrons. The van der Waals surface area contributed by atoms with E-state index < -0.39 is 11.5 Å². The molecule has 0 aromatic rings. The number of hydrogen-bond donors (Lipinski definition) is 2. The summed E-state index contributed by atoms with van der Waals surface area (Å²) in [5.74, 6) is 0. The smallest absolute Gasteiger partial charge is 0.262 e. The van der Waals surface area contributed by atoms with Crippen LogP contribution in [0.15, 0.2) is 0 Å². The molecular weight excluding hydrogens is 143 g/mol. The number of hydrogen-bond acceptors (Lipinski definition) is 1. The van der Waals surface area contributed by atoms with Crippen molar-refractivity contribution in [3.63, 3.8) is 0 Å². The Labute approximate surface area is 48.5 Å². The van der Waals surface area contributed by atoms with Gasteiger partial charge in [-0.2, -0.15) is 13.2 Å². The Morgan fingerprint density at radius 2 is 1.88 bits per heavy atom. The number of halogens is 3. The van der Waals surface area contributed by atoms with Crippen LogP contribution in [0.1, 0.15) is 0 Å². The molecule has 0 radical (unpaired) electrons. The summed E-state index contributed by atoms with van der Waals surface area (Å²) in [5.41, 5.74) is 0. The molecule has 0 aliphatic heterocycles. The van der Waals surface area contributed by atoms with Gasteiger partial charge in [-0.05, 0) is 0 Å². The van der Waals surface area contributed by atoms with Crippen molar-refractivity contribution in [3.05, 3.63) is 0 Å². The average Bonchev–Trinajstić information content (AvgIpc) is 1.21. The summed E-state index contributed by atoms with van der Waals surface area (Å²) in [6.07, 6.45) is -4.65. The lowest BCUT2D eigenvalue weighted by molar-refractivity contribution is -0.143. The number of carbonyl (C=O) groups is 1. The van der Waals surface area contributed by atoms with Gasteiger partial charge < -0.3 is 0 Å². The van der Waals surface area contributed by atoms with Gasteiger partial charge in [0.1, 0.15) is 0 Å². The predicted octanol–water partition coefficient (Wildman–Crippen LogP) is 1.15. The summed E-state index contributed by atoms with van der Waals surface area (Å²) in [5, 5.41) is -0.798. The van der Waals surface area contributed by atoms with E-state index in [9.17, 15) is 18.0 Å². The van der Waals surface area contributed by atoms with E-state index in [1.807, 2.05) is 0 Å². The maximum Gasteiger partial charge on any atom is 0.485 e. The van der Waals surface area contributed by atoms with Gasteiger partial charge in [0, 0.05) is 0 Å². The minimum atomic E-state index is -4.65. The van der Waals surface area contributed by atoms with E-state index in [1.165, 1.54) is 0 Å². The van der Waals surface area contributed by atoms with Crippen LogP contribution in [-0.2, 0) is 0 Å². The second kappa shape index (κ2) is 2.25. The third-order valence-corrected chi connectivity index (χ3v) is 0.360. The highest BCUT2D eigenvalue weighted by atomic mass is 32.1. The number of carbonyl (C=O) groups excluding carboxylic acids is 1. The molecule has 0 aliphatic rings. The Hall–Kier alpha value is -0.390. The molecule has 0 bridgehead atoms. The first-order chi connectivity index (χ1) is 3.42. The number of amides is 1. The average molecular weight is 145 g/mol. The van der Waals surface area contributed by atoms with Crippen LogP contribution in [0.5, 0.6) is 0 Å². The first-order valence-electron chi connectivity index (χ1n) is 1.49. The quantitative estimate of drug-likeness (QED) is 0.388. The van der Waals surface area contributed by atoms with E-state index in [0.717, 1.165) is 0 Å². The monoisotopic (exact) mass is 145 g/mol. The first kappa shape index (κ1) is 7.61. The van der Waals surface area contributed by atoms with Crippen LogP contribution in [-0.4, -0.2) is 11.5 Å². The lowest BCUT2D eigenvalue weighted by Crippen LogP contribution is -2.33. The molecule has 1 N–H and O–H groups in total. The van der Waals surface area contributed by atoms with Crippen molar-refractivity contribution < 1.29 is 18.0 Å². The first-order valence-corrected chi connectivity index (χ1v) is 1.94. The SMILES string of the molecule is O=C(S)NC(F)(F)F. The molecule has 1 amide bonds. The van der Waals surface area contributed by atoms with E-state index >= 15 is 0 Å². The summed E-state index contributed by atoms with van der Waals surface area (Å²) < 4.78 is 32.8. The fourth-order valence-corrected chi connectivity index (χ4v) is 0.248. The Balaban J connectivity index is 3.55. The maximum absolute atomic E-state index is 10.9. The van der Waals surface area contributed by atoms with E-state index in [2.05, 4.69) is 12.6 Å². The van der Waals surface area contributed by atoms with Gasteiger partial charge in [0.15, 0.2) is 0 Å². The Morgan fingerprint density at radius 3 is 1.88 bits per heavy atom. The highest BCUT2D eigenvalue weighted by Gasteiger charge is 2.28. The van der Waals surface area contributed by atoms with Gasteiger partial charge in [0.05, 0.1) is 0 Å². The molecule has 8 heavy (non-hydrogen) atoms. The summed E-state index contributed by atoms with van der Waals surface area (Å²) in [7, 11) is 0. The van der Waals surface area contributed by atoms with Gasteiger partial charge in [0.25, 0.3) is 5.24 Å². The second-order valence-corrected chi connectivity index (χ2v) is 1.33. The third kappa shape index (κ3) is 5.61. The van der Waals surface area contributed by atoms with Crippen molar-refractivity contribution in [2.45, 2.75) is 6.30 Å². The van der Waals surface area contributed by atoms with Gasteiger partial charge >= 0.3 is 6.30 Å². The van der Waals surface area contributed by atoms with Crippen molar-refractivity contribution in [2.24, 2.45) is 0 Å². The number of thiol groups is 1. The summed E-state index contributed by atoms with van der Waals surface area (Å²) in [4.78, 5) is 9.49. The van der Waals surface area contributed by atoms with E-state index in [-0.39, 0.29) is 0 Å². The van der Waals surface area contributed by atoms with Crippen LogP contribution >= 0.6 is 12.6 Å². The van der Waals surface area contributed by atoms with E-state index in [4.69, 9.17) is 0 Å². The number of rotatable bonds is 0. The van der Waals surface area contributed by atoms with Crippen LogP contribution in [0, 0.1) is 0 Å². The topological polar surface area (TPSA) is 29.1 Å². The summed E-state index contributed by atoms with van der Waals surface area (Å²) >= 11 is 2.82. The molecule has 0 atom stereocenters. The highest BCUT2D eigenvalue weighted by Crippen LogP contribution is 2.09. The molecule has 0 aromatic carbocycles. The van der Waals surface area contributed by atoms with Crippen molar-refractivity contribution in [1.82, 2.24) is 5.32 Å². The van der Waals surface area contributed by atoms with Crippen LogP contribution in [0.2, 0.25) is 0 Å². The van der Waals surface area contributed by atoms with E-state index in [0.29, 0.717) is 5.32 Å². The van der Waals surface area contributed by atoms with Crippen LogP contribution < -0.4 is 5.32 Å². The fourth-order valence-electron chi connectivity index (χ4n) is 0.121. The van der Waals surface area contributed by atoms with Crippen LogP contribution in [0.3, 0.4) is 0 Å². The normalized spacial score (nSPS) is 11.0. The standard InChI is InChI=1S/C2H2F3NOS/c3-2(4,5)6-1(7)8/h(H2,6,7,8). The molecule has 0 spiro atoms. The fraction of sp³-hybridized carbons (Fsp3) is 0.500. The van der Waals surface area contributed by atoms with Gasteiger partial charge in [0.2, 0.25) is 0 Å². The molecule has 0 unspecified atom stereocenters. The minimum Gasteiger partial charge on any atom is -0.262 e. The number of nitrogens with one attached hydrogen (secondary N) is 1. The molecule has 0 aliphatic carbocycles. The Kier molecular flexibility index (Phi) is 2.14.